The van der Waals surface area contributed by atoms with Gasteiger partial charge in [-0.1, -0.05) is 22.9 Å². The normalized spacial score (nSPS) is 12.5. The minimum Gasteiger partial charge on any atom is -0.496 e. The Morgan fingerprint density at radius 3 is 2.57 bits per heavy atom. The largest absolute Gasteiger partial charge is 0.496 e. The second-order valence-electron chi connectivity index (χ2n) is 4.89. The Balaban J connectivity index is 2.68. The molecule has 114 valence electrons. The molecule has 1 atom stereocenters. The molecule has 0 amide bonds. The molecule has 1 aromatic heterocycles. The zero-order valence-corrected chi connectivity index (χ0v) is 15.8. The van der Waals surface area contributed by atoms with Crippen LogP contribution in [0.4, 0.5) is 0 Å². The molecule has 1 N–H and O–H groups in total. The van der Waals surface area contributed by atoms with Crippen molar-refractivity contribution >= 4 is 31.9 Å². The Morgan fingerprint density at radius 2 is 2.05 bits per heavy atom. The molecule has 2 rings (SSSR count). The number of hydrogen-bond donors (Lipinski definition) is 1. The van der Waals surface area contributed by atoms with E-state index in [1.807, 2.05) is 6.07 Å². The predicted octanol–water partition coefficient (Wildman–Crippen LogP) is 5.13. The van der Waals surface area contributed by atoms with E-state index in [9.17, 15) is 0 Å². The maximum absolute atomic E-state index is 5.67. The molecule has 0 aliphatic heterocycles. The summed E-state index contributed by atoms with van der Waals surface area (Å²) in [7, 11) is 1.71. The van der Waals surface area contributed by atoms with Gasteiger partial charge >= 0.3 is 0 Å². The van der Waals surface area contributed by atoms with Crippen molar-refractivity contribution < 1.29 is 9.15 Å². The molecule has 0 radical (unpaired) electrons. The van der Waals surface area contributed by atoms with E-state index in [-0.39, 0.29) is 6.04 Å². The average molecular weight is 417 g/mol. The van der Waals surface area contributed by atoms with Crippen molar-refractivity contribution in [2.45, 2.75) is 26.8 Å². The molecule has 1 aromatic carbocycles. The van der Waals surface area contributed by atoms with Gasteiger partial charge in [-0.05, 0) is 59.6 Å². The van der Waals surface area contributed by atoms with Crippen molar-refractivity contribution in [3.05, 3.63) is 49.8 Å². The van der Waals surface area contributed by atoms with Crippen LogP contribution in [-0.4, -0.2) is 13.7 Å². The highest BCUT2D eigenvalue weighted by Gasteiger charge is 2.25. The number of ether oxygens (including phenoxy) is 1. The standard InChI is InChI=1S/C16H19Br2NO2/c1-5-19-14(11-6-7-21-16(11)18)13-10(3)12(17)8-9(2)15(13)20-4/h6-8,14,19H,5H2,1-4H3. The fourth-order valence-corrected chi connectivity index (χ4v) is 3.60. The Labute approximate surface area is 142 Å². The first-order valence-corrected chi connectivity index (χ1v) is 8.39. The van der Waals surface area contributed by atoms with E-state index in [2.05, 4.69) is 64.0 Å². The molecule has 0 bridgehead atoms. The number of aryl methyl sites for hydroxylation is 1. The zero-order valence-electron chi connectivity index (χ0n) is 12.6. The predicted molar refractivity (Wildman–Crippen MR) is 92.1 cm³/mol. The van der Waals surface area contributed by atoms with Crippen LogP contribution in [0, 0.1) is 13.8 Å². The molecule has 1 unspecified atom stereocenters. The van der Waals surface area contributed by atoms with Crippen molar-refractivity contribution in [3.8, 4) is 5.75 Å². The fraction of sp³-hybridized carbons (Fsp3) is 0.375. The van der Waals surface area contributed by atoms with Crippen LogP contribution >= 0.6 is 31.9 Å². The third kappa shape index (κ3) is 3.20. The third-order valence-electron chi connectivity index (χ3n) is 3.57. The summed E-state index contributed by atoms with van der Waals surface area (Å²) < 4.78 is 12.9. The Morgan fingerprint density at radius 1 is 1.33 bits per heavy atom. The SMILES string of the molecule is CCNC(c1ccoc1Br)c1c(C)c(Br)cc(C)c1OC. The highest BCUT2D eigenvalue weighted by Crippen LogP contribution is 2.40. The van der Waals surface area contributed by atoms with Crippen LogP contribution in [-0.2, 0) is 0 Å². The average Bonchev–Trinajstić information content (AvgIpc) is 2.86. The van der Waals surface area contributed by atoms with Gasteiger partial charge in [0, 0.05) is 15.6 Å². The van der Waals surface area contributed by atoms with Crippen LogP contribution in [0.5, 0.6) is 5.75 Å². The summed E-state index contributed by atoms with van der Waals surface area (Å²) in [5.41, 5.74) is 4.47. The lowest BCUT2D eigenvalue weighted by atomic mass is 9.93. The summed E-state index contributed by atoms with van der Waals surface area (Å²) in [6, 6.07) is 4.08. The van der Waals surface area contributed by atoms with Gasteiger partial charge in [0.25, 0.3) is 0 Å². The van der Waals surface area contributed by atoms with Crippen LogP contribution in [0.25, 0.3) is 0 Å². The van der Waals surface area contributed by atoms with Gasteiger partial charge in [-0.25, -0.2) is 0 Å². The number of benzene rings is 1. The number of methoxy groups -OCH3 is 1. The molecule has 3 nitrogen and oxygen atoms in total. The van der Waals surface area contributed by atoms with E-state index >= 15 is 0 Å². The lowest BCUT2D eigenvalue weighted by Gasteiger charge is -2.24. The van der Waals surface area contributed by atoms with Gasteiger partial charge in [-0.2, -0.15) is 0 Å². The minimum atomic E-state index is 0.00859. The van der Waals surface area contributed by atoms with Crippen LogP contribution in [0.2, 0.25) is 0 Å². The maximum atomic E-state index is 5.67. The minimum absolute atomic E-state index is 0.00859. The Bertz CT molecular complexity index is 637. The van der Waals surface area contributed by atoms with E-state index in [4.69, 9.17) is 9.15 Å². The first-order chi connectivity index (χ1) is 10.0. The van der Waals surface area contributed by atoms with Gasteiger partial charge in [0.2, 0.25) is 0 Å². The summed E-state index contributed by atoms with van der Waals surface area (Å²) in [6.07, 6.45) is 1.69. The highest BCUT2D eigenvalue weighted by molar-refractivity contribution is 9.10. The molecule has 2 aromatic rings. The van der Waals surface area contributed by atoms with E-state index in [1.54, 1.807) is 13.4 Å². The van der Waals surface area contributed by atoms with Crippen LogP contribution < -0.4 is 10.1 Å². The van der Waals surface area contributed by atoms with Gasteiger partial charge in [0.05, 0.1) is 19.4 Å². The van der Waals surface area contributed by atoms with E-state index in [0.717, 1.165) is 43.7 Å². The topological polar surface area (TPSA) is 34.4 Å². The van der Waals surface area contributed by atoms with Crippen LogP contribution in [0.15, 0.2) is 32.0 Å². The Kier molecular flexibility index (Phi) is 5.52. The molecule has 21 heavy (non-hydrogen) atoms. The molecule has 1 heterocycles. The third-order valence-corrected chi connectivity index (χ3v) is 5.03. The molecular weight excluding hydrogens is 398 g/mol. The van der Waals surface area contributed by atoms with Gasteiger partial charge in [-0.15, -0.1) is 0 Å². The van der Waals surface area contributed by atoms with E-state index in [0.29, 0.717) is 0 Å². The van der Waals surface area contributed by atoms with E-state index in [1.165, 1.54) is 0 Å². The smallest absolute Gasteiger partial charge is 0.174 e. The van der Waals surface area contributed by atoms with Crippen LogP contribution in [0.1, 0.15) is 35.2 Å². The van der Waals surface area contributed by atoms with Gasteiger partial charge in [0.15, 0.2) is 4.67 Å². The second-order valence-corrected chi connectivity index (χ2v) is 6.46. The van der Waals surface area contributed by atoms with Crippen LogP contribution in [0.3, 0.4) is 0 Å². The second kappa shape index (κ2) is 6.99. The number of nitrogens with one attached hydrogen (secondary N) is 1. The van der Waals surface area contributed by atoms with Gasteiger partial charge < -0.3 is 14.5 Å². The maximum Gasteiger partial charge on any atom is 0.174 e. The summed E-state index contributed by atoms with van der Waals surface area (Å²) in [5, 5.41) is 3.52. The van der Waals surface area contributed by atoms with Crippen molar-refractivity contribution in [1.29, 1.82) is 0 Å². The lowest BCUT2D eigenvalue weighted by molar-refractivity contribution is 0.400. The van der Waals surface area contributed by atoms with Crippen molar-refractivity contribution in [2.75, 3.05) is 13.7 Å². The number of halogens is 2. The van der Waals surface area contributed by atoms with Gasteiger partial charge in [0.1, 0.15) is 5.75 Å². The van der Waals surface area contributed by atoms with Crippen molar-refractivity contribution in [1.82, 2.24) is 5.32 Å². The molecule has 0 aliphatic carbocycles. The van der Waals surface area contributed by atoms with Crippen molar-refractivity contribution in [3.63, 3.8) is 0 Å². The summed E-state index contributed by atoms with van der Waals surface area (Å²) in [6.45, 7) is 7.09. The first-order valence-electron chi connectivity index (χ1n) is 6.81. The number of furan rings is 1. The highest BCUT2D eigenvalue weighted by atomic mass is 79.9. The molecule has 0 saturated heterocycles. The molecular formula is C16H19Br2NO2. The van der Waals surface area contributed by atoms with Crippen molar-refractivity contribution in [2.24, 2.45) is 0 Å². The quantitative estimate of drug-likeness (QED) is 0.733. The number of rotatable bonds is 5. The van der Waals surface area contributed by atoms with E-state index < -0.39 is 0 Å². The summed E-state index contributed by atoms with van der Waals surface area (Å²) in [4.78, 5) is 0. The number of hydrogen-bond acceptors (Lipinski definition) is 3. The Hall–Kier alpha value is -0.780. The molecule has 0 fully saturated rings. The molecule has 0 saturated carbocycles. The summed E-state index contributed by atoms with van der Waals surface area (Å²) >= 11 is 7.13. The first kappa shape index (κ1) is 16.6. The fourth-order valence-electron chi connectivity index (χ4n) is 2.58. The monoisotopic (exact) mass is 415 g/mol. The molecule has 0 aliphatic rings. The van der Waals surface area contributed by atoms with Gasteiger partial charge in [-0.3, -0.25) is 0 Å². The molecule has 5 heteroatoms. The zero-order chi connectivity index (χ0) is 15.6. The molecule has 0 spiro atoms. The summed E-state index contributed by atoms with van der Waals surface area (Å²) in [5.74, 6) is 0.912. The lowest BCUT2D eigenvalue weighted by Crippen LogP contribution is -2.23.